The lowest BCUT2D eigenvalue weighted by Crippen LogP contribution is -2.35. The minimum Gasteiger partial charge on any atom is -0.772 e. The van der Waals surface area contributed by atoms with E-state index in [2.05, 4.69) is 5.32 Å². The Morgan fingerprint density at radius 1 is 1.23 bits per heavy atom. The lowest BCUT2D eigenvalue weighted by Gasteiger charge is -2.28. The van der Waals surface area contributed by atoms with Crippen molar-refractivity contribution in [1.82, 2.24) is 4.90 Å². The van der Waals surface area contributed by atoms with Crippen molar-refractivity contribution in [1.29, 1.82) is 0 Å². The molecule has 1 N–H and O–H groups in total. The minimum atomic E-state index is -2.36. The molecule has 0 aliphatic carbocycles. The molecule has 3 rings (SSSR count). The molecule has 0 saturated carbocycles. The van der Waals surface area contributed by atoms with Crippen LogP contribution in [0.15, 0.2) is 23.6 Å². The van der Waals surface area contributed by atoms with E-state index in [-0.39, 0.29) is 34.2 Å². The van der Waals surface area contributed by atoms with Crippen molar-refractivity contribution in [2.24, 2.45) is 0 Å². The predicted octanol–water partition coefficient (Wildman–Crippen LogP) is 2.33. The summed E-state index contributed by atoms with van der Waals surface area (Å²) < 4.78 is 32.9. The molecule has 1 aliphatic heterocycles. The zero-order chi connectivity index (χ0) is 22.0. The van der Waals surface area contributed by atoms with Crippen molar-refractivity contribution in [3.63, 3.8) is 0 Å². The maximum Gasteiger partial charge on any atom is 0.265 e. The lowest BCUT2D eigenvalue weighted by molar-refractivity contribution is -0.114. The van der Waals surface area contributed by atoms with Crippen LogP contribution in [0.4, 0.5) is 5.00 Å². The summed E-state index contributed by atoms with van der Waals surface area (Å²) in [6.07, 6.45) is 0.00620. The molecule has 0 radical (unpaired) electrons. The summed E-state index contributed by atoms with van der Waals surface area (Å²) in [7, 11) is 2.93. The van der Waals surface area contributed by atoms with Crippen LogP contribution in [0, 0.1) is 0 Å². The fraction of sp³-hybridized carbons (Fsp3) is 0.316. The molecular weight excluding hydrogens is 432 g/mol. The molecule has 1 aliphatic rings. The maximum atomic E-state index is 13.2. The van der Waals surface area contributed by atoms with Crippen molar-refractivity contribution in [2.45, 2.75) is 19.4 Å². The van der Waals surface area contributed by atoms with Gasteiger partial charge in [0.1, 0.15) is 5.00 Å². The summed E-state index contributed by atoms with van der Waals surface area (Å²) in [5, 5.41) is 4.36. The Hall–Kier alpha value is -2.76. The number of hydrogen-bond donors (Lipinski definition) is 1. The molecule has 2 atom stereocenters. The first kappa shape index (κ1) is 21.9. The van der Waals surface area contributed by atoms with E-state index in [0.717, 1.165) is 16.2 Å². The van der Waals surface area contributed by atoms with E-state index in [9.17, 15) is 23.1 Å². The molecule has 30 heavy (non-hydrogen) atoms. The second-order valence-electron chi connectivity index (χ2n) is 6.44. The molecule has 3 amide bonds. The molecule has 0 spiro atoms. The van der Waals surface area contributed by atoms with Gasteiger partial charge in [0.25, 0.3) is 11.8 Å². The summed E-state index contributed by atoms with van der Waals surface area (Å²) in [6.45, 7) is 1.31. The standard InChI is InChI=1S/C19H20N2O7S2/c1-10(22)20-17-16-12(9-29-17)18(23)21(19(16)24)13(6-7-30(25)26)11-4-5-14(27-2)15(8-11)28-3/h4-5,8-9,13H,6-7H2,1-3H3,(H,20,22)(H,25,26)/p-1. The first-order valence-corrected chi connectivity index (χ1v) is 11.0. The number of nitrogens with one attached hydrogen (secondary N) is 1. The van der Waals surface area contributed by atoms with Crippen molar-refractivity contribution in [3.05, 3.63) is 40.3 Å². The van der Waals surface area contributed by atoms with Gasteiger partial charge in [-0.3, -0.25) is 23.5 Å². The molecule has 9 nitrogen and oxygen atoms in total. The number of ether oxygens (including phenoxy) is 2. The highest BCUT2D eigenvalue weighted by atomic mass is 32.2. The monoisotopic (exact) mass is 451 g/mol. The highest BCUT2D eigenvalue weighted by Crippen LogP contribution is 2.41. The summed E-state index contributed by atoms with van der Waals surface area (Å²) in [6, 6.07) is 4.04. The smallest absolute Gasteiger partial charge is 0.265 e. The fourth-order valence-corrected chi connectivity index (χ4v) is 4.71. The van der Waals surface area contributed by atoms with Crippen molar-refractivity contribution >= 4 is 45.1 Å². The number of hydrogen-bond acceptors (Lipinski definition) is 8. The van der Waals surface area contributed by atoms with E-state index in [1.165, 1.54) is 26.5 Å². The third-order valence-corrected chi connectivity index (χ3v) is 6.09. The molecule has 160 valence electrons. The van der Waals surface area contributed by atoms with Crippen LogP contribution < -0.4 is 14.8 Å². The zero-order valence-corrected chi connectivity index (χ0v) is 18.1. The number of benzene rings is 1. The van der Waals surface area contributed by atoms with Crippen molar-refractivity contribution in [2.75, 3.05) is 25.3 Å². The Balaban J connectivity index is 2.03. The second kappa shape index (κ2) is 8.94. The van der Waals surface area contributed by atoms with Gasteiger partial charge in [-0.25, -0.2) is 0 Å². The topological polar surface area (TPSA) is 125 Å². The average Bonchev–Trinajstić information content (AvgIpc) is 3.22. The van der Waals surface area contributed by atoms with Crippen LogP contribution in [0.5, 0.6) is 11.5 Å². The molecular formula is C19H19N2O7S2-. The van der Waals surface area contributed by atoms with Crippen LogP contribution in [-0.2, 0) is 15.9 Å². The Bertz CT molecular complexity index is 1030. The number of thiophene rings is 1. The number of nitrogens with zero attached hydrogens (tertiary/aromatic N) is 1. The summed E-state index contributed by atoms with van der Waals surface area (Å²) in [4.78, 5) is 38.7. The molecule has 0 fully saturated rings. The third-order valence-electron chi connectivity index (χ3n) is 4.62. The Labute approximate surface area is 179 Å². The van der Waals surface area contributed by atoms with Gasteiger partial charge in [-0.2, -0.15) is 0 Å². The second-order valence-corrected chi connectivity index (χ2v) is 8.34. The van der Waals surface area contributed by atoms with Gasteiger partial charge >= 0.3 is 0 Å². The Morgan fingerprint density at radius 2 is 1.93 bits per heavy atom. The van der Waals surface area contributed by atoms with Gasteiger partial charge in [-0.05, 0) is 24.1 Å². The average molecular weight is 452 g/mol. The van der Waals surface area contributed by atoms with Gasteiger partial charge in [0.15, 0.2) is 11.5 Å². The number of methoxy groups -OCH3 is 2. The highest BCUT2D eigenvalue weighted by molar-refractivity contribution is 7.79. The number of imide groups is 1. The number of amides is 3. The molecule has 1 aromatic carbocycles. The van der Waals surface area contributed by atoms with Gasteiger partial charge in [0.05, 0.1) is 31.4 Å². The van der Waals surface area contributed by atoms with E-state index < -0.39 is 28.9 Å². The molecule has 1 aromatic heterocycles. The fourth-order valence-electron chi connectivity index (χ4n) is 3.32. The van der Waals surface area contributed by atoms with Crippen molar-refractivity contribution < 1.29 is 32.6 Å². The Morgan fingerprint density at radius 3 is 2.53 bits per heavy atom. The van der Waals surface area contributed by atoms with Crippen LogP contribution in [0.1, 0.15) is 45.7 Å². The largest absolute Gasteiger partial charge is 0.772 e. The summed E-state index contributed by atoms with van der Waals surface area (Å²) in [5.74, 6) is -0.900. The van der Waals surface area contributed by atoms with Crippen LogP contribution in [0.2, 0.25) is 0 Å². The number of carbonyl (C=O) groups excluding carboxylic acids is 3. The van der Waals surface area contributed by atoms with E-state index in [4.69, 9.17) is 9.47 Å². The van der Waals surface area contributed by atoms with E-state index in [1.54, 1.807) is 18.2 Å². The number of anilines is 1. The third kappa shape index (κ3) is 4.09. The van der Waals surface area contributed by atoms with Gasteiger partial charge in [-0.1, -0.05) is 17.1 Å². The highest BCUT2D eigenvalue weighted by Gasteiger charge is 2.43. The molecule has 0 bridgehead atoms. The Kier molecular flexibility index (Phi) is 6.54. The predicted molar refractivity (Wildman–Crippen MR) is 110 cm³/mol. The van der Waals surface area contributed by atoms with Crippen LogP contribution in [0.3, 0.4) is 0 Å². The summed E-state index contributed by atoms with van der Waals surface area (Å²) in [5.41, 5.74) is 0.825. The number of fused-ring (bicyclic) bond motifs is 1. The zero-order valence-electron chi connectivity index (χ0n) is 16.4. The first-order chi connectivity index (χ1) is 14.3. The number of rotatable bonds is 8. The first-order valence-electron chi connectivity index (χ1n) is 8.83. The quantitative estimate of drug-likeness (QED) is 0.482. The molecule has 2 unspecified atom stereocenters. The van der Waals surface area contributed by atoms with Crippen molar-refractivity contribution in [3.8, 4) is 11.5 Å². The van der Waals surface area contributed by atoms with E-state index in [0.29, 0.717) is 17.1 Å². The minimum absolute atomic E-state index is 0.00620. The van der Waals surface area contributed by atoms with E-state index >= 15 is 0 Å². The van der Waals surface area contributed by atoms with Crippen LogP contribution >= 0.6 is 11.3 Å². The normalized spacial score (nSPS) is 15.0. The van der Waals surface area contributed by atoms with Gasteiger partial charge in [0, 0.05) is 18.1 Å². The summed E-state index contributed by atoms with van der Waals surface area (Å²) >= 11 is -1.27. The van der Waals surface area contributed by atoms with Gasteiger partial charge < -0.3 is 19.3 Å². The number of carbonyl (C=O) groups is 3. The molecule has 0 saturated heterocycles. The molecule has 11 heteroatoms. The lowest BCUT2D eigenvalue weighted by atomic mass is 10.0. The van der Waals surface area contributed by atoms with Crippen LogP contribution in [-0.4, -0.2) is 51.4 Å². The maximum absolute atomic E-state index is 13.2. The van der Waals surface area contributed by atoms with Crippen LogP contribution in [0.25, 0.3) is 0 Å². The SMILES string of the molecule is COc1ccc(C(CCS(=O)[O-])N2C(=O)c3csc(NC(C)=O)c3C2=O)cc1OC. The van der Waals surface area contributed by atoms with E-state index in [1.807, 2.05) is 0 Å². The van der Waals surface area contributed by atoms with Gasteiger partial charge in [-0.15, -0.1) is 11.3 Å². The van der Waals surface area contributed by atoms with Gasteiger partial charge in [0.2, 0.25) is 5.91 Å². The molecule has 2 aromatic rings. The molecule has 2 heterocycles.